The average molecular weight is 350 g/mol. The van der Waals surface area contributed by atoms with Crippen LogP contribution in [0.2, 0.25) is 5.02 Å². The number of hydrogen-bond acceptors (Lipinski definition) is 3. The molecule has 0 saturated heterocycles. The molecule has 2 aromatic rings. The van der Waals surface area contributed by atoms with Crippen molar-refractivity contribution in [3.8, 4) is 11.3 Å². The van der Waals surface area contributed by atoms with Crippen molar-refractivity contribution in [1.82, 2.24) is 4.98 Å². The van der Waals surface area contributed by atoms with E-state index < -0.39 is 5.97 Å². The monoisotopic (exact) mass is 349 g/mol. The Bertz CT molecular complexity index is 553. The fraction of sp³-hybridized carbons (Fsp3) is 0. The number of benzene rings is 1. The number of carboxylic acid groups (broad SMARTS) is 1. The first-order valence-corrected chi connectivity index (χ1v) is 5.70. The van der Waals surface area contributed by atoms with Crippen LogP contribution in [-0.4, -0.2) is 16.1 Å². The number of oxazole rings is 1. The summed E-state index contributed by atoms with van der Waals surface area (Å²) in [6.07, 6.45) is 0. The standard InChI is InChI=1S/C10H5ClINO3/c11-6-4-2-1-3-5(6)8-7(9(14)15)13-10(12)16-8/h1-4H,(H,14,15). The average Bonchev–Trinajstić information content (AvgIpc) is 2.61. The number of aromatic nitrogens is 1. The van der Waals surface area contributed by atoms with Gasteiger partial charge >= 0.3 is 5.97 Å². The van der Waals surface area contributed by atoms with E-state index in [0.717, 1.165) is 0 Å². The lowest BCUT2D eigenvalue weighted by Gasteiger charge is -1.99. The highest BCUT2D eigenvalue weighted by Crippen LogP contribution is 2.31. The fourth-order valence-corrected chi connectivity index (χ4v) is 1.95. The molecule has 0 radical (unpaired) electrons. The first-order chi connectivity index (χ1) is 7.59. The van der Waals surface area contributed by atoms with Crippen molar-refractivity contribution >= 4 is 40.2 Å². The number of halogens is 2. The zero-order valence-corrected chi connectivity index (χ0v) is 10.7. The predicted octanol–water partition coefficient (Wildman–Crippen LogP) is 3.30. The Balaban J connectivity index is 2.64. The predicted molar refractivity (Wildman–Crippen MR) is 66.6 cm³/mol. The van der Waals surface area contributed by atoms with Gasteiger partial charge in [-0.05, 0) is 12.1 Å². The highest BCUT2D eigenvalue weighted by atomic mass is 127. The molecule has 0 aliphatic rings. The molecule has 0 bridgehead atoms. The van der Waals surface area contributed by atoms with Crippen LogP contribution in [0.5, 0.6) is 0 Å². The molecule has 4 nitrogen and oxygen atoms in total. The van der Waals surface area contributed by atoms with Crippen molar-refractivity contribution < 1.29 is 14.3 Å². The van der Waals surface area contributed by atoms with E-state index in [4.69, 9.17) is 21.1 Å². The molecule has 0 aliphatic carbocycles. The molecule has 1 N–H and O–H groups in total. The normalized spacial score (nSPS) is 10.4. The molecular weight excluding hydrogens is 344 g/mol. The molecule has 6 heteroatoms. The maximum Gasteiger partial charge on any atom is 0.358 e. The molecule has 1 aromatic carbocycles. The van der Waals surface area contributed by atoms with E-state index >= 15 is 0 Å². The van der Waals surface area contributed by atoms with Crippen LogP contribution in [0.4, 0.5) is 0 Å². The van der Waals surface area contributed by atoms with Crippen LogP contribution in [0, 0.1) is 3.90 Å². The van der Waals surface area contributed by atoms with Crippen molar-refractivity contribution in [2.75, 3.05) is 0 Å². The second-order valence-electron chi connectivity index (χ2n) is 2.93. The summed E-state index contributed by atoms with van der Waals surface area (Å²) < 4.78 is 5.52. The second-order valence-corrected chi connectivity index (χ2v) is 4.26. The van der Waals surface area contributed by atoms with Crippen LogP contribution in [0.3, 0.4) is 0 Å². The van der Waals surface area contributed by atoms with Gasteiger partial charge in [0.2, 0.25) is 0 Å². The van der Waals surface area contributed by atoms with Crippen LogP contribution >= 0.6 is 34.2 Å². The van der Waals surface area contributed by atoms with Gasteiger partial charge in [0.1, 0.15) is 0 Å². The molecule has 1 aromatic heterocycles. The number of aromatic carboxylic acids is 1. The molecule has 16 heavy (non-hydrogen) atoms. The second kappa shape index (κ2) is 4.42. The molecule has 0 unspecified atom stereocenters. The lowest BCUT2D eigenvalue weighted by molar-refractivity contribution is 0.0691. The molecule has 82 valence electrons. The number of nitrogens with zero attached hydrogens (tertiary/aromatic N) is 1. The van der Waals surface area contributed by atoms with Gasteiger partial charge in [0.25, 0.3) is 3.90 Å². The summed E-state index contributed by atoms with van der Waals surface area (Å²) in [7, 11) is 0. The molecule has 2 rings (SSSR count). The van der Waals surface area contributed by atoms with Gasteiger partial charge in [0.05, 0.1) is 5.02 Å². The molecule has 0 saturated carbocycles. The third-order valence-electron chi connectivity index (χ3n) is 1.92. The lowest BCUT2D eigenvalue weighted by atomic mass is 10.1. The smallest absolute Gasteiger partial charge is 0.358 e. The van der Waals surface area contributed by atoms with Gasteiger partial charge in [-0.25, -0.2) is 4.79 Å². The lowest BCUT2D eigenvalue weighted by Crippen LogP contribution is -1.99. The van der Waals surface area contributed by atoms with Crippen LogP contribution in [0.1, 0.15) is 10.5 Å². The zero-order valence-electron chi connectivity index (χ0n) is 7.78. The van der Waals surface area contributed by atoms with E-state index in [2.05, 4.69) is 4.98 Å². The number of rotatable bonds is 2. The van der Waals surface area contributed by atoms with Crippen molar-refractivity contribution in [3.05, 3.63) is 38.9 Å². The maximum atomic E-state index is 11.0. The summed E-state index contributed by atoms with van der Waals surface area (Å²) in [5.74, 6) is -0.955. The minimum atomic E-state index is -1.14. The highest BCUT2D eigenvalue weighted by Gasteiger charge is 2.21. The third kappa shape index (κ3) is 2.05. The summed E-state index contributed by atoms with van der Waals surface area (Å²) in [4.78, 5) is 14.7. The van der Waals surface area contributed by atoms with E-state index in [1.54, 1.807) is 24.3 Å². The number of carboxylic acids is 1. The Kier molecular flexibility index (Phi) is 3.15. The Hall–Kier alpha value is -1.08. The van der Waals surface area contributed by atoms with E-state index in [0.29, 0.717) is 10.6 Å². The van der Waals surface area contributed by atoms with E-state index in [1.807, 2.05) is 22.6 Å². The SMILES string of the molecule is O=C(O)c1nc(I)oc1-c1ccccc1Cl. The van der Waals surface area contributed by atoms with Crippen LogP contribution < -0.4 is 0 Å². The quantitative estimate of drug-likeness (QED) is 0.845. The van der Waals surface area contributed by atoms with Crippen molar-refractivity contribution in [2.24, 2.45) is 0 Å². The Morgan fingerprint density at radius 1 is 1.44 bits per heavy atom. The van der Waals surface area contributed by atoms with Gasteiger partial charge in [-0.15, -0.1) is 0 Å². The minimum Gasteiger partial charge on any atom is -0.476 e. The van der Waals surface area contributed by atoms with Crippen LogP contribution in [-0.2, 0) is 0 Å². The Morgan fingerprint density at radius 3 is 2.75 bits per heavy atom. The summed E-state index contributed by atoms with van der Waals surface area (Å²) in [6, 6.07) is 6.86. The largest absolute Gasteiger partial charge is 0.476 e. The van der Waals surface area contributed by atoms with Crippen molar-refractivity contribution in [2.45, 2.75) is 0 Å². The van der Waals surface area contributed by atoms with Gasteiger partial charge in [0, 0.05) is 28.2 Å². The first kappa shape index (κ1) is 11.4. The molecule has 0 atom stereocenters. The molecule has 0 aliphatic heterocycles. The third-order valence-corrected chi connectivity index (χ3v) is 2.71. The first-order valence-electron chi connectivity index (χ1n) is 4.24. The summed E-state index contributed by atoms with van der Waals surface area (Å²) in [6.45, 7) is 0. The van der Waals surface area contributed by atoms with Crippen LogP contribution in [0.15, 0.2) is 28.7 Å². The van der Waals surface area contributed by atoms with Gasteiger partial charge in [0.15, 0.2) is 11.5 Å². The molecule has 0 fully saturated rings. The van der Waals surface area contributed by atoms with E-state index in [-0.39, 0.29) is 15.4 Å². The fourth-order valence-electron chi connectivity index (χ4n) is 1.27. The Morgan fingerprint density at radius 2 is 2.12 bits per heavy atom. The van der Waals surface area contributed by atoms with Crippen molar-refractivity contribution in [3.63, 3.8) is 0 Å². The topological polar surface area (TPSA) is 63.3 Å². The summed E-state index contributed by atoms with van der Waals surface area (Å²) >= 11 is 7.78. The number of hydrogen-bond donors (Lipinski definition) is 1. The zero-order chi connectivity index (χ0) is 11.7. The Labute approximate surface area is 109 Å². The molecule has 1 heterocycles. The van der Waals surface area contributed by atoms with Gasteiger partial charge in [-0.3, -0.25) is 0 Å². The number of carbonyl (C=O) groups is 1. The molecule has 0 spiro atoms. The van der Waals surface area contributed by atoms with Gasteiger partial charge in [-0.2, -0.15) is 4.98 Å². The van der Waals surface area contributed by atoms with Crippen LogP contribution in [0.25, 0.3) is 11.3 Å². The summed E-state index contributed by atoms with van der Waals surface area (Å²) in [5, 5.41) is 9.39. The van der Waals surface area contributed by atoms with E-state index in [9.17, 15) is 4.79 Å². The van der Waals surface area contributed by atoms with E-state index in [1.165, 1.54) is 0 Å². The maximum absolute atomic E-state index is 11.0. The highest BCUT2D eigenvalue weighted by molar-refractivity contribution is 14.1. The minimum absolute atomic E-state index is 0.127. The molecular formula is C10H5ClINO3. The molecule has 0 amide bonds. The van der Waals surface area contributed by atoms with Gasteiger partial charge < -0.3 is 9.52 Å². The summed E-state index contributed by atoms with van der Waals surface area (Å²) in [5.41, 5.74) is 0.398. The van der Waals surface area contributed by atoms with Gasteiger partial charge in [-0.1, -0.05) is 23.7 Å². The van der Waals surface area contributed by atoms with Crippen molar-refractivity contribution in [1.29, 1.82) is 0 Å².